The molecule has 5 nitrogen and oxygen atoms in total. The highest BCUT2D eigenvalue weighted by atomic mass is 32.2. The molecule has 0 aliphatic heterocycles. The summed E-state index contributed by atoms with van der Waals surface area (Å²) in [6.45, 7) is 1.70. The van der Waals surface area contributed by atoms with Crippen molar-refractivity contribution >= 4 is 15.2 Å². The van der Waals surface area contributed by atoms with Crippen molar-refractivity contribution < 1.29 is 17.8 Å². The molecule has 0 saturated carbocycles. The van der Waals surface area contributed by atoms with Crippen LogP contribution in [0, 0.1) is 6.92 Å². The molecule has 0 spiro atoms. The Hall–Kier alpha value is -2.27. The Kier molecular flexibility index (Phi) is 3.81. The highest BCUT2D eigenvalue weighted by Crippen LogP contribution is 2.26. The summed E-state index contributed by atoms with van der Waals surface area (Å²) in [4.78, 5) is 2.70. The van der Waals surface area contributed by atoms with Crippen molar-refractivity contribution in [1.82, 2.24) is 0 Å². The Labute approximate surface area is 116 Å². The van der Waals surface area contributed by atoms with E-state index in [1.807, 2.05) is 36.4 Å². The van der Waals surface area contributed by atoms with Gasteiger partial charge in [0.05, 0.1) is 5.56 Å². The molecule has 0 radical (unpaired) electrons. The lowest BCUT2D eigenvalue weighted by molar-refractivity contribution is -0.000117. The SMILES string of the molecule is Cc1c(C(=[N+]=[N-])S(=O)(=O)O)cccc1-c1ccccc1. The van der Waals surface area contributed by atoms with Crippen LogP contribution < -0.4 is 0 Å². The number of rotatable bonds is 2. The van der Waals surface area contributed by atoms with E-state index >= 15 is 0 Å². The molecule has 0 atom stereocenters. The average molecular weight is 288 g/mol. The first-order chi connectivity index (χ1) is 9.45. The Balaban J connectivity index is 2.69. The van der Waals surface area contributed by atoms with Crippen molar-refractivity contribution in [2.75, 3.05) is 0 Å². The van der Waals surface area contributed by atoms with Gasteiger partial charge in [-0.1, -0.05) is 42.5 Å². The topological polar surface area (TPSA) is 90.8 Å². The second kappa shape index (κ2) is 5.38. The van der Waals surface area contributed by atoms with Crippen LogP contribution in [0.1, 0.15) is 11.1 Å². The monoisotopic (exact) mass is 288 g/mol. The molecule has 0 aliphatic rings. The third-order valence-corrected chi connectivity index (χ3v) is 3.77. The zero-order valence-electron chi connectivity index (χ0n) is 10.7. The predicted molar refractivity (Wildman–Crippen MR) is 75.9 cm³/mol. The van der Waals surface area contributed by atoms with Gasteiger partial charge in [0.1, 0.15) is 0 Å². The van der Waals surface area contributed by atoms with Gasteiger partial charge < -0.3 is 5.53 Å². The molecule has 0 unspecified atom stereocenters. The lowest BCUT2D eigenvalue weighted by atomic mass is 9.97. The van der Waals surface area contributed by atoms with Gasteiger partial charge in [-0.25, -0.2) is 0 Å². The zero-order chi connectivity index (χ0) is 14.8. The minimum atomic E-state index is -4.59. The molecule has 0 amide bonds. The minimum absolute atomic E-state index is 0.163. The third kappa shape index (κ3) is 2.67. The van der Waals surface area contributed by atoms with E-state index in [0.29, 0.717) is 5.56 Å². The van der Waals surface area contributed by atoms with E-state index < -0.39 is 15.2 Å². The van der Waals surface area contributed by atoms with Gasteiger partial charge in [-0.3, -0.25) is 4.55 Å². The van der Waals surface area contributed by atoms with Gasteiger partial charge in [-0.15, -0.1) is 0 Å². The van der Waals surface area contributed by atoms with Gasteiger partial charge in [0.15, 0.2) is 0 Å². The Morgan fingerprint density at radius 1 is 1.10 bits per heavy atom. The van der Waals surface area contributed by atoms with Crippen LogP contribution in [0.5, 0.6) is 0 Å². The standard InChI is InChI=1S/C14H12N2O3S/c1-10-12(11-6-3-2-4-7-11)8-5-9-13(10)14(16-15)20(17,18)19/h2-9H,1H3,(H,17,18,19). The van der Waals surface area contributed by atoms with E-state index in [1.54, 1.807) is 13.0 Å². The molecule has 6 heteroatoms. The van der Waals surface area contributed by atoms with E-state index in [-0.39, 0.29) is 5.56 Å². The summed E-state index contributed by atoms with van der Waals surface area (Å²) in [5.41, 5.74) is 11.3. The molecule has 0 saturated heterocycles. The Morgan fingerprint density at radius 2 is 1.75 bits per heavy atom. The van der Waals surface area contributed by atoms with Crippen LogP contribution in [0.3, 0.4) is 0 Å². The molecule has 0 aliphatic carbocycles. The van der Waals surface area contributed by atoms with Gasteiger partial charge in [0, 0.05) is 0 Å². The molecule has 0 bridgehead atoms. The predicted octanol–water partition coefficient (Wildman–Crippen LogP) is 2.53. The van der Waals surface area contributed by atoms with Gasteiger partial charge in [-0.2, -0.15) is 13.2 Å². The maximum absolute atomic E-state index is 11.2. The fourth-order valence-electron chi connectivity index (χ4n) is 2.04. The number of benzene rings is 2. The van der Waals surface area contributed by atoms with Crippen molar-refractivity contribution in [2.24, 2.45) is 0 Å². The summed E-state index contributed by atoms with van der Waals surface area (Å²) in [6, 6.07) is 14.3. The molecule has 2 rings (SSSR count). The molecule has 2 aromatic carbocycles. The normalized spacial score (nSPS) is 10.9. The maximum atomic E-state index is 11.2. The second-order valence-electron chi connectivity index (χ2n) is 4.22. The molecule has 0 fully saturated rings. The highest BCUT2D eigenvalue weighted by Gasteiger charge is 2.30. The Bertz CT molecular complexity index is 792. The lowest BCUT2D eigenvalue weighted by Crippen LogP contribution is -2.17. The van der Waals surface area contributed by atoms with Crippen LogP contribution in [0.2, 0.25) is 0 Å². The van der Waals surface area contributed by atoms with E-state index in [0.717, 1.165) is 11.1 Å². The first kappa shape index (κ1) is 14.1. The molecule has 0 aromatic heterocycles. The smallest absolute Gasteiger partial charge is 0.360 e. The van der Waals surface area contributed by atoms with Crippen LogP contribution in [0.25, 0.3) is 16.7 Å². The van der Waals surface area contributed by atoms with Crippen molar-refractivity contribution in [2.45, 2.75) is 6.92 Å². The van der Waals surface area contributed by atoms with E-state index in [9.17, 15) is 8.42 Å². The summed E-state index contributed by atoms with van der Waals surface area (Å²) in [6.07, 6.45) is 0. The zero-order valence-corrected chi connectivity index (χ0v) is 11.5. The molecular formula is C14H12N2O3S. The van der Waals surface area contributed by atoms with Crippen molar-refractivity contribution in [3.05, 3.63) is 65.2 Å². The molecular weight excluding hydrogens is 276 g/mol. The first-order valence-electron chi connectivity index (χ1n) is 5.80. The van der Waals surface area contributed by atoms with Crippen LogP contribution in [-0.2, 0) is 10.1 Å². The number of hydrogen-bond acceptors (Lipinski definition) is 2. The van der Waals surface area contributed by atoms with Crippen molar-refractivity contribution in [3.8, 4) is 11.1 Å². The largest absolute Gasteiger partial charge is 0.438 e. The van der Waals surface area contributed by atoms with Gasteiger partial charge in [-0.05, 0) is 29.7 Å². The molecule has 2 aromatic rings. The molecule has 102 valence electrons. The van der Waals surface area contributed by atoms with Gasteiger partial charge in [0.25, 0.3) is 0 Å². The summed E-state index contributed by atoms with van der Waals surface area (Å²) >= 11 is 0. The van der Waals surface area contributed by atoms with E-state index in [1.165, 1.54) is 6.07 Å². The summed E-state index contributed by atoms with van der Waals surface area (Å²) in [5.74, 6) is 0. The summed E-state index contributed by atoms with van der Waals surface area (Å²) in [7, 11) is -4.59. The van der Waals surface area contributed by atoms with Crippen LogP contribution >= 0.6 is 0 Å². The van der Waals surface area contributed by atoms with Crippen LogP contribution in [-0.4, -0.2) is 22.8 Å². The van der Waals surface area contributed by atoms with Crippen molar-refractivity contribution in [3.63, 3.8) is 0 Å². The minimum Gasteiger partial charge on any atom is -0.360 e. The molecule has 0 heterocycles. The first-order valence-corrected chi connectivity index (χ1v) is 7.24. The quantitative estimate of drug-likeness (QED) is 0.302. The van der Waals surface area contributed by atoms with Gasteiger partial charge in [0.2, 0.25) is 0 Å². The summed E-state index contributed by atoms with van der Waals surface area (Å²) in [5, 5.41) is -0.757. The van der Waals surface area contributed by atoms with E-state index in [2.05, 4.69) is 4.79 Å². The molecule has 20 heavy (non-hydrogen) atoms. The Morgan fingerprint density at radius 3 is 2.30 bits per heavy atom. The van der Waals surface area contributed by atoms with Crippen molar-refractivity contribution in [1.29, 1.82) is 0 Å². The second-order valence-corrected chi connectivity index (χ2v) is 5.56. The molecule has 1 N–H and O–H groups in total. The highest BCUT2D eigenvalue weighted by molar-refractivity contribution is 8.01. The maximum Gasteiger partial charge on any atom is 0.438 e. The van der Waals surface area contributed by atoms with Gasteiger partial charge >= 0.3 is 15.2 Å². The fourth-order valence-corrected chi connectivity index (χ4v) is 2.64. The fraction of sp³-hybridized carbons (Fsp3) is 0.0714. The third-order valence-electron chi connectivity index (χ3n) is 2.98. The van der Waals surface area contributed by atoms with Crippen LogP contribution in [0.15, 0.2) is 48.5 Å². The number of hydrogen-bond donors (Lipinski definition) is 1. The number of nitrogens with zero attached hydrogens (tertiary/aromatic N) is 2. The van der Waals surface area contributed by atoms with Crippen LogP contribution in [0.4, 0.5) is 0 Å². The summed E-state index contributed by atoms with van der Waals surface area (Å²) < 4.78 is 31.6. The van der Waals surface area contributed by atoms with E-state index in [4.69, 9.17) is 10.1 Å². The lowest BCUT2D eigenvalue weighted by Gasteiger charge is -2.08. The average Bonchev–Trinajstić information content (AvgIpc) is 2.41.